The number of thiophene rings is 1. The Bertz CT molecular complexity index is 519. The minimum atomic E-state index is -3.39. The van der Waals surface area contributed by atoms with Gasteiger partial charge in [-0.2, -0.15) is 0 Å². The standard InChI is InChI=1S/C12H21N3O2S2/c1-10-12(8-11(9-13)18-10)19(16,17)14-4-7-15-5-2-3-6-15/h8,14H,2-7,9,13H2,1H3. The minimum absolute atomic E-state index is 0.374. The molecule has 1 aromatic rings. The Morgan fingerprint density at radius 2 is 2.11 bits per heavy atom. The van der Waals surface area contributed by atoms with Crippen molar-refractivity contribution in [2.75, 3.05) is 26.2 Å². The lowest BCUT2D eigenvalue weighted by Gasteiger charge is -2.14. The molecule has 1 aliphatic rings. The molecule has 3 N–H and O–H groups in total. The summed E-state index contributed by atoms with van der Waals surface area (Å²) < 4.78 is 27.1. The molecule has 0 saturated carbocycles. The van der Waals surface area contributed by atoms with Crippen LogP contribution in [0.1, 0.15) is 22.6 Å². The quantitative estimate of drug-likeness (QED) is 0.818. The number of rotatable bonds is 6. The van der Waals surface area contributed by atoms with Gasteiger partial charge in [0, 0.05) is 29.4 Å². The highest BCUT2D eigenvalue weighted by Crippen LogP contribution is 2.25. The molecule has 1 saturated heterocycles. The summed E-state index contributed by atoms with van der Waals surface area (Å²) >= 11 is 1.45. The third kappa shape index (κ3) is 3.76. The van der Waals surface area contributed by atoms with Crippen molar-refractivity contribution in [3.8, 4) is 0 Å². The van der Waals surface area contributed by atoms with Gasteiger partial charge in [0.25, 0.3) is 0 Å². The van der Waals surface area contributed by atoms with Gasteiger partial charge in [-0.05, 0) is 38.9 Å². The summed E-state index contributed by atoms with van der Waals surface area (Å²) in [6.07, 6.45) is 2.44. The summed E-state index contributed by atoms with van der Waals surface area (Å²) in [5, 5.41) is 0. The van der Waals surface area contributed by atoms with Crippen molar-refractivity contribution in [2.45, 2.75) is 31.2 Å². The molecule has 0 radical (unpaired) electrons. The molecule has 5 nitrogen and oxygen atoms in total. The van der Waals surface area contributed by atoms with E-state index in [9.17, 15) is 8.42 Å². The molecule has 0 unspecified atom stereocenters. The maximum Gasteiger partial charge on any atom is 0.241 e. The van der Waals surface area contributed by atoms with E-state index in [0.29, 0.717) is 18.0 Å². The highest BCUT2D eigenvalue weighted by Gasteiger charge is 2.20. The van der Waals surface area contributed by atoms with E-state index in [1.54, 1.807) is 6.07 Å². The molecule has 19 heavy (non-hydrogen) atoms. The van der Waals surface area contributed by atoms with Crippen molar-refractivity contribution in [1.29, 1.82) is 0 Å². The van der Waals surface area contributed by atoms with E-state index in [-0.39, 0.29) is 0 Å². The molecule has 1 aromatic heterocycles. The summed E-state index contributed by atoms with van der Waals surface area (Å²) in [4.78, 5) is 4.36. The fraction of sp³-hybridized carbons (Fsp3) is 0.667. The van der Waals surface area contributed by atoms with Gasteiger partial charge >= 0.3 is 0 Å². The van der Waals surface area contributed by atoms with Crippen LogP contribution in [0.15, 0.2) is 11.0 Å². The maximum absolute atomic E-state index is 12.2. The lowest BCUT2D eigenvalue weighted by Crippen LogP contribution is -2.33. The highest BCUT2D eigenvalue weighted by atomic mass is 32.2. The smallest absolute Gasteiger partial charge is 0.241 e. The molecule has 0 aromatic carbocycles. The summed E-state index contributed by atoms with van der Waals surface area (Å²) in [6, 6.07) is 1.68. The van der Waals surface area contributed by atoms with Gasteiger partial charge in [0.1, 0.15) is 0 Å². The Morgan fingerprint density at radius 3 is 2.68 bits per heavy atom. The Morgan fingerprint density at radius 1 is 1.42 bits per heavy atom. The van der Waals surface area contributed by atoms with Crippen LogP contribution in [0.2, 0.25) is 0 Å². The fourth-order valence-corrected chi connectivity index (χ4v) is 4.85. The summed E-state index contributed by atoms with van der Waals surface area (Å²) in [5.41, 5.74) is 5.55. The van der Waals surface area contributed by atoms with E-state index in [1.807, 2.05) is 6.92 Å². The molecule has 7 heteroatoms. The third-order valence-corrected chi connectivity index (χ3v) is 6.12. The minimum Gasteiger partial charge on any atom is -0.326 e. The Hall–Kier alpha value is -0.470. The van der Waals surface area contributed by atoms with Gasteiger partial charge in [-0.25, -0.2) is 13.1 Å². The molecule has 0 atom stereocenters. The number of hydrogen-bond donors (Lipinski definition) is 2. The Labute approximate surface area is 118 Å². The van der Waals surface area contributed by atoms with Gasteiger partial charge in [-0.15, -0.1) is 11.3 Å². The first-order valence-electron chi connectivity index (χ1n) is 6.54. The van der Waals surface area contributed by atoms with Crippen LogP contribution in [0.25, 0.3) is 0 Å². The first-order chi connectivity index (χ1) is 9.03. The third-order valence-electron chi connectivity index (χ3n) is 3.33. The van der Waals surface area contributed by atoms with Gasteiger partial charge in [0.05, 0.1) is 4.90 Å². The zero-order valence-electron chi connectivity index (χ0n) is 11.2. The molecule has 1 fully saturated rings. The molecule has 0 bridgehead atoms. The van der Waals surface area contributed by atoms with Crippen LogP contribution in [-0.4, -0.2) is 39.5 Å². The van der Waals surface area contributed by atoms with E-state index in [1.165, 1.54) is 24.2 Å². The number of nitrogens with one attached hydrogen (secondary N) is 1. The van der Waals surface area contributed by atoms with E-state index < -0.39 is 10.0 Å². The molecule has 1 aliphatic heterocycles. The molecular weight excluding hydrogens is 282 g/mol. The van der Waals surface area contributed by atoms with Crippen LogP contribution in [-0.2, 0) is 16.6 Å². The van der Waals surface area contributed by atoms with Crippen LogP contribution >= 0.6 is 11.3 Å². The normalized spacial score (nSPS) is 17.2. The largest absolute Gasteiger partial charge is 0.326 e. The van der Waals surface area contributed by atoms with Crippen molar-refractivity contribution in [3.05, 3.63) is 15.8 Å². The number of nitrogens with two attached hydrogens (primary N) is 1. The van der Waals surface area contributed by atoms with Gasteiger partial charge in [-0.3, -0.25) is 0 Å². The van der Waals surface area contributed by atoms with E-state index in [2.05, 4.69) is 9.62 Å². The van der Waals surface area contributed by atoms with Crippen molar-refractivity contribution < 1.29 is 8.42 Å². The number of hydrogen-bond acceptors (Lipinski definition) is 5. The second-order valence-electron chi connectivity index (χ2n) is 4.78. The van der Waals surface area contributed by atoms with Crippen LogP contribution in [0.3, 0.4) is 0 Å². The number of likely N-dealkylation sites (tertiary alicyclic amines) is 1. The zero-order valence-corrected chi connectivity index (χ0v) is 12.8. The Balaban J connectivity index is 1.95. The van der Waals surface area contributed by atoms with Crippen molar-refractivity contribution in [1.82, 2.24) is 9.62 Å². The van der Waals surface area contributed by atoms with Gasteiger partial charge in [0.15, 0.2) is 0 Å². The molecule has 2 rings (SSSR count). The van der Waals surface area contributed by atoms with Gasteiger partial charge < -0.3 is 10.6 Å². The topological polar surface area (TPSA) is 75.4 Å². The monoisotopic (exact) mass is 303 g/mol. The van der Waals surface area contributed by atoms with Crippen LogP contribution in [0, 0.1) is 6.92 Å². The maximum atomic E-state index is 12.2. The Kier molecular flexibility index (Phi) is 4.97. The second-order valence-corrected chi connectivity index (χ2v) is 7.86. The number of sulfonamides is 1. The predicted molar refractivity (Wildman–Crippen MR) is 77.8 cm³/mol. The van der Waals surface area contributed by atoms with Gasteiger partial charge in [-0.1, -0.05) is 0 Å². The predicted octanol–water partition coefficient (Wildman–Crippen LogP) is 0.889. The molecular formula is C12H21N3O2S2. The summed E-state index contributed by atoms with van der Waals surface area (Å²) in [7, 11) is -3.39. The second kappa shape index (κ2) is 6.32. The van der Waals surface area contributed by atoms with E-state index in [4.69, 9.17) is 5.73 Å². The van der Waals surface area contributed by atoms with Gasteiger partial charge in [0.2, 0.25) is 10.0 Å². The average Bonchev–Trinajstić information content (AvgIpc) is 2.98. The van der Waals surface area contributed by atoms with E-state index >= 15 is 0 Å². The van der Waals surface area contributed by atoms with Crippen molar-refractivity contribution >= 4 is 21.4 Å². The first kappa shape index (κ1) is 14.9. The molecule has 0 amide bonds. The lowest BCUT2D eigenvalue weighted by atomic mass is 10.4. The molecule has 0 spiro atoms. The zero-order chi connectivity index (χ0) is 13.9. The average molecular weight is 303 g/mol. The first-order valence-corrected chi connectivity index (χ1v) is 8.84. The van der Waals surface area contributed by atoms with Crippen LogP contribution in [0.4, 0.5) is 0 Å². The number of aryl methyl sites for hydroxylation is 1. The van der Waals surface area contributed by atoms with E-state index in [0.717, 1.165) is 29.4 Å². The van der Waals surface area contributed by atoms with Crippen molar-refractivity contribution in [2.24, 2.45) is 5.73 Å². The lowest BCUT2D eigenvalue weighted by molar-refractivity contribution is 0.344. The molecule has 2 heterocycles. The van der Waals surface area contributed by atoms with Crippen LogP contribution < -0.4 is 10.5 Å². The SMILES string of the molecule is Cc1sc(CN)cc1S(=O)(=O)NCCN1CCCC1. The van der Waals surface area contributed by atoms with Crippen LogP contribution in [0.5, 0.6) is 0 Å². The molecule has 0 aliphatic carbocycles. The highest BCUT2D eigenvalue weighted by molar-refractivity contribution is 7.89. The fourth-order valence-electron chi connectivity index (χ4n) is 2.31. The van der Waals surface area contributed by atoms with Crippen molar-refractivity contribution in [3.63, 3.8) is 0 Å². The molecule has 108 valence electrons. The number of nitrogens with zero attached hydrogens (tertiary/aromatic N) is 1. The summed E-state index contributed by atoms with van der Waals surface area (Å²) in [6.45, 7) is 5.61. The summed E-state index contributed by atoms with van der Waals surface area (Å²) in [5.74, 6) is 0.